The van der Waals surface area contributed by atoms with E-state index in [0.717, 1.165) is 0 Å². The molecule has 14 heavy (non-hydrogen) atoms. The van der Waals surface area contributed by atoms with Gasteiger partial charge in [0.05, 0.1) is 16.0 Å². The van der Waals surface area contributed by atoms with Crippen molar-refractivity contribution in [2.24, 2.45) is 0 Å². The first-order valence-electron chi connectivity index (χ1n) is 4.01. The first kappa shape index (κ1) is 8.85. The van der Waals surface area contributed by atoms with E-state index in [4.69, 9.17) is 16.9 Å². The SMILES string of the molecule is CNc1cc(Cl)c2c(C#N)c[nH]c2n1. The molecule has 2 rings (SSSR count). The second-order valence-electron chi connectivity index (χ2n) is 2.78. The fourth-order valence-corrected chi connectivity index (χ4v) is 1.60. The van der Waals surface area contributed by atoms with Gasteiger partial charge >= 0.3 is 0 Å². The van der Waals surface area contributed by atoms with Gasteiger partial charge in [0.15, 0.2) is 0 Å². The lowest BCUT2D eigenvalue weighted by molar-refractivity contribution is 1.29. The molecule has 0 saturated carbocycles. The van der Waals surface area contributed by atoms with Crippen molar-refractivity contribution in [3.63, 3.8) is 0 Å². The molecule has 4 nitrogen and oxygen atoms in total. The maximum Gasteiger partial charge on any atom is 0.142 e. The highest BCUT2D eigenvalue weighted by Crippen LogP contribution is 2.27. The first-order chi connectivity index (χ1) is 6.76. The van der Waals surface area contributed by atoms with Gasteiger partial charge in [0.2, 0.25) is 0 Å². The van der Waals surface area contributed by atoms with Crippen LogP contribution < -0.4 is 5.32 Å². The molecule has 70 valence electrons. The zero-order chi connectivity index (χ0) is 10.1. The van der Waals surface area contributed by atoms with Crippen LogP contribution in [0.15, 0.2) is 12.3 Å². The number of hydrogen-bond acceptors (Lipinski definition) is 3. The van der Waals surface area contributed by atoms with Crippen LogP contribution in [0.4, 0.5) is 5.82 Å². The van der Waals surface area contributed by atoms with E-state index in [0.29, 0.717) is 27.4 Å². The Hall–Kier alpha value is -1.73. The van der Waals surface area contributed by atoms with Gasteiger partial charge in [0.25, 0.3) is 0 Å². The average Bonchev–Trinajstić information content (AvgIpc) is 2.61. The Morgan fingerprint density at radius 1 is 1.64 bits per heavy atom. The number of anilines is 1. The molecule has 0 aliphatic rings. The quantitative estimate of drug-likeness (QED) is 0.751. The van der Waals surface area contributed by atoms with Crippen molar-refractivity contribution in [1.82, 2.24) is 9.97 Å². The third-order valence-electron chi connectivity index (χ3n) is 1.97. The van der Waals surface area contributed by atoms with Crippen molar-refractivity contribution >= 4 is 28.5 Å². The van der Waals surface area contributed by atoms with Crippen molar-refractivity contribution in [3.05, 3.63) is 22.8 Å². The van der Waals surface area contributed by atoms with Gasteiger partial charge in [-0.15, -0.1) is 0 Å². The Labute approximate surface area is 85.5 Å². The molecular formula is C9H7ClN4. The number of halogens is 1. The molecule has 0 unspecified atom stereocenters. The molecule has 2 aromatic heterocycles. The van der Waals surface area contributed by atoms with E-state index in [9.17, 15) is 0 Å². The fourth-order valence-electron chi connectivity index (χ4n) is 1.30. The molecule has 5 heteroatoms. The zero-order valence-electron chi connectivity index (χ0n) is 7.43. The number of pyridine rings is 1. The van der Waals surface area contributed by atoms with E-state index < -0.39 is 0 Å². The van der Waals surface area contributed by atoms with Crippen LogP contribution in [0, 0.1) is 11.3 Å². The largest absolute Gasteiger partial charge is 0.373 e. The minimum atomic E-state index is 0.514. The highest BCUT2D eigenvalue weighted by atomic mass is 35.5. The monoisotopic (exact) mass is 206 g/mol. The molecular weight excluding hydrogens is 200 g/mol. The summed E-state index contributed by atoms with van der Waals surface area (Å²) in [6.07, 6.45) is 1.60. The van der Waals surface area contributed by atoms with Crippen molar-refractivity contribution in [2.75, 3.05) is 12.4 Å². The maximum absolute atomic E-state index is 8.80. The van der Waals surface area contributed by atoms with E-state index in [1.165, 1.54) is 0 Å². The molecule has 0 radical (unpaired) electrons. The Balaban J connectivity index is 2.80. The average molecular weight is 207 g/mol. The number of aromatic nitrogens is 2. The summed E-state index contributed by atoms with van der Waals surface area (Å²) >= 11 is 6.02. The van der Waals surface area contributed by atoms with E-state index in [1.807, 2.05) is 0 Å². The first-order valence-corrected chi connectivity index (χ1v) is 4.39. The summed E-state index contributed by atoms with van der Waals surface area (Å²) in [7, 11) is 1.76. The Bertz CT molecular complexity index is 523. The number of H-pyrrole nitrogens is 1. The number of hydrogen-bond donors (Lipinski definition) is 2. The molecule has 0 spiro atoms. The van der Waals surface area contributed by atoms with Crippen molar-refractivity contribution in [1.29, 1.82) is 5.26 Å². The number of rotatable bonds is 1. The maximum atomic E-state index is 8.80. The Morgan fingerprint density at radius 3 is 3.07 bits per heavy atom. The molecule has 2 aromatic rings. The topological polar surface area (TPSA) is 64.5 Å². The van der Waals surface area contributed by atoms with E-state index in [-0.39, 0.29) is 0 Å². The predicted molar refractivity (Wildman–Crippen MR) is 55.4 cm³/mol. The van der Waals surface area contributed by atoms with E-state index in [1.54, 1.807) is 19.3 Å². The molecule has 0 amide bonds. The minimum Gasteiger partial charge on any atom is -0.373 e. The van der Waals surface area contributed by atoms with Crippen LogP contribution >= 0.6 is 11.6 Å². The van der Waals surface area contributed by atoms with Gasteiger partial charge in [-0.1, -0.05) is 11.6 Å². The summed E-state index contributed by atoms with van der Waals surface area (Å²) in [4.78, 5) is 7.12. The predicted octanol–water partition coefficient (Wildman–Crippen LogP) is 2.13. The highest BCUT2D eigenvalue weighted by molar-refractivity contribution is 6.36. The van der Waals surface area contributed by atoms with Crippen LogP contribution in [0.2, 0.25) is 5.02 Å². The summed E-state index contributed by atoms with van der Waals surface area (Å²) in [5.74, 6) is 0.675. The van der Waals surface area contributed by atoms with Gasteiger partial charge in [0, 0.05) is 13.2 Å². The number of aromatic amines is 1. The second-order valence-corrected chi connectivity index (χ2v) is 3.18. The van der Waals surface area contributed by atoms with E-state index >= 15 is 0 Å². The molecule has 0 bridgehead atoms. The summed E-state index contributed by atoms with van der Waals surface area (Å²) in [5, 5.41) is 12.9. The molecule has 2 N–H and O–H groups in total. The van der Waals surface area contributed by atoms with Gasteiger partial charge in [-0.3, -0.25) is 0 Å². The molecule has 0 fully saturated rings. The summed E-state index contributed by atoms with van der Waals surface area (Å²) in [6, 6.07) is 3.75. The van der Waals surface area contributed by atoms with E-state index in [2.05, 4.69) is 21.4 Å². The second kappa shape index (κ2) is 3.20. The van der Waals surface area contributed by atoms with Crippen molar-refractivity contribution in [2.45, 2.75) is 0 Å². The molecule has 0 atom stereocenters. The number of fused-ring (bicyclic) bond motifs is 1. The van der Waals surface area contributed by atoms with Crippen LogP contribution in [0.5, 0.6) is 0 Å². The molecule has 0 aromatic carbocycles. The third-order valence-corrected chi connectivity index (χ3v) is 2.27. The van der Waals surface area contributed by atoms with Crippen LogP contribution in [-0.2, 0) is 0 Å². The van der Waals surface area contributed by atoms with Gasteiger partial charge in [0.1, 0.15) is 17.5 Å². The normalized spacial score (nSPS) is 10.1. The molecule has 0 aliphatic carbocycles. The summed E-state index contributed by atoms with van der Waals surface area (Å²) in [5.41, 5.74) is 1.14. The molecule has 0 saturated heterocycles. The molecule has 2 heterocycles. The van der Waals surface area contributed by atoms with Gasteiger partial charge in [-0.2, -0.15) is 5.26 Å². The lowest BCUT2D eigenvalue weighted by Crippen LogP contribution is -1.92. The van der Waals surface area contributed by atoms with Crippen LogP contribution in [-0.4, -0.2) is 17.0 Å². The smallest absolute Gasteiger partial charge is 0.142 e. The Morgan fingerprint density at radius 2 is 2.43 bits per heavy atom. The highest BCUT2D eigenvalue weighted by Gasteiger charge is 2.09. The third kappa shape index (κ3) is 1.19. The number of nitriles is 1. The lowest BCUT2D eigenvalue weighted by Gasteiger charge is -2.00. The van der Waals surface area contributed by atoms with Crippen molar-refractivity contribution < 1.29 is 0 Å². The zero-order valence-corrected chi connectivity index (χ0v) is 8.18. The Kier molecular flexibility index (Phi) is 2.02. The standard InChI is InChI=1S/C9H7ClN4/c1-12-7-2-6(10)8-5(3-11)4-13-9(8)14-7/h2,4H,1H3,(H2,12,13,14). The molecule has 0 aliphatic heterocycles. The number of nitrogens with zero attached hydrogens (tertiary/aromatic N) is 2. The van der Waals surface area contributed by atoms with Crippen molar-refractivity contribution in [3.8, 4) is 6.07 Å². The summed E-state index contributed by atoms with van der Waals surface area (Å²) in [6.45, 7) is 0. The van der Waals surface area contributed by atoms with Crippen LogP contribution in [0.1, 0.15) is 5.56 Å². The van der Waals surface area contributed by atoms with Gasteiger partial charge in [-0.25, -0.2) is 4.98 Å². The van der Waals surface area contributed by atoms with Gasteiger partial charge < -0.3 is 10.3 Å². The fraction of sp³-hybridized carbons (Fsp3) is 0.111. The van der Waals surface area contributed by atoms with Crippen LogP contribution in [0.25, 0.3) is 11.0 Å². The minimum absolute atomic E-state index is 0.514. The summed E-state index contributed by atoms with van der Waals surface area (Å²) < 4.78 is 0. The van der Waals surface area contributed by atoms with Gasteiger partial charge in [-0.05, 0) is 6.07 Å². The number of nitrogens with one attached hydrogen (secondary N) is 2. The van der Waals surface area contributed by atoms with Crippen LogP contribution in [0.3, 0.4) is 0 Å². The lowest BCUT2D eigenvalue weighted by atomic mass is 10.2.